The maximum absolute atomic E-state index is 12.4. The number of hydrogen-bond acceptors (Lipinski definition) is 4. The Bertz CT molecular complexity index is 629. The molecule has 1 aromatic rings. The molecule has 0 aromatic heterocycles. The number of nitrogens with one attached hydrogen (secondary N) is 1. The van der Waals surface area contributed by atoms with Crippen LogP contribution in [0.25, 0.3) is 0 Å². The van der Waals surface area contributed by atoms with E-state index in [9.17, 15) is 13.2 Å². The Morgan fingerprint density at radius 1 is 1.33 bits per heavy atom. The summed E-state index contributed by atoms with van der Waals surface area (Å²) in [7, 11) is -3.07. The van der Waals surface area contributed by atoms with Crippen LogP contribution in [0.1, 0.15) is 24.3 Å². The standard InChI is InChI=1S/C14H18N2O3S2/c15-13(20)12(10-5-2-1-3-6-10)14(17)16-11-7-4-8-21(18,19)9-11/h1-3,5-6,11-12H,4,7-9H2,(H2,15,20)(H,16,17). The second-order valence-electron chi connectivity index (χ2n) is 5.21. The van der Waals surface area contributed by atoms with Crippen molar-refractivity contribution < 1.29 is 13.2 Å². The van der Waals surface area contributed by atoms with Gasteiger partial charge in [-0.1, -0.05) is 42.5 Å². The lowest BCUT2D eigenvalue weighted by Crippen LogP contribution is -2.46. The normalized spacial score (nSPS) is 22.2. The van der Waals surface area contributed by atoms with Crippen molar-refractivity contribution in [2.24, 2.45) is 5.73 Å². The summed E-state index contributed by atoms with van der Waals surface area (Å²) in [4.78, 5) is 12.5. The van der Waals surface area contributed by atoms with Crippen molar-refractivity contribution >= 4 is 33.0 Å². The van der Waals surface area contributed by atoms with E-state index in [0.29, 0.717) is 18.4 Å². The van der Waals surface area contributed by atoms with Crippen LogP contribution in [0.4, 0.5) is 0 Å². The predicted octanol–water partition coefficient (Wildman–Crippen LogP) is 0.750. The molecule has 1 aromatic carbocycles. The van der Waals surface area contributed by atoms with Gasteiger partial charge < -0.3 is 11.1 Å². The second kappa shape index (κ2) is 6.53. The Morgan fingerprint density at radius 3 is 2.57 bits per heavy atom. The van der Waals surface area contributed by atoms with E-state index in [0.717, 1.165) is 0 Å². The molecule has 1 amide bonds. The van der Waals surface area contributed by atoms with Crippen LogP contribution < -0.4 is 11.1 Å². The Morgan fingerprint density at radius 2 is 2.00 bits per heavy atom. The molecule has 0 saturated carbocycles. The number of carbonyl (C=O) groups excluding carboxylic acids is 1. The molecule has 1 heterocycles. The summed E-state index contributed by atoms with van der Waals surface area (Å²) in [6.07, 6.45) is 1.22. The molecule has 1 fully saturated rings. The van der Waals surface area contributed by atoms with Crippen molar-refractivity contribution in [2.45, 2.75) is 24.8 Å². The van der Waals surface area contributed by atoms with Crippen LogP contribution >= 0.6 is 12.2 Å². The number of nitrogens with two attached hydrogens (primary N) is 1. The molecule has 1 aliphatic heterocycles. The molecule has 0 aliphatic carbocycles. The molecule has 1 aliphatic rings. The number of benzene rings is 1. The highest BCUT2D eigenvalue weighted by atomic mass is 32.2. The van der Waals surface area contributed by atoms with E-state index in [-0.39, 0.29) is 28.4 Å². The average Bonchev–Trinajstić information content (AvgIpc) is 2.38. The van der Waals surface area contributed by atoms with E-state index in [1.54, 1.807) is 24.3 Å². The minimum atomic E-state index is -3.07. The van der Waals surface area contributed by atoms with Gasteiger partial charge in [-0.15, -0.1) is 0 Å². The first kappa shape index (κ1) is 15.9. The molecular weight excluding hydrogens is 308 g/mol. The SMILES string of the molecule is NC(=S)C(C(=O)NC1CCCS(=O)(=O)C1)c1ccccc1. The van der Waals surface area contributed by atoms with Crippen molar-refractivity contribution in [2.75, 3.05) is 11.5 Å². The zero-order chi connectivity index (χ0) is 15.5. The zero-order valence-corrected chi connectivity index (χ0v) is 13.1. The minimum Gasteiger partial charge on any atom is -0.392 e. The first-order valence-electron chi connectivity index (χ1n) is 6.74. The van der Waals surface area contributed by atoms with E-state index in [1.807, 2.05) is 6.07 Å². The van der Waals surface area contributed by atoms with Crippen molar-refractivity contribution in [3.05, 3.63) is 35.9 Å². The molecule has 5 nitrogen and oxygen atoms in total. The van der Waals surface area contributed by atoms with Gasteiger partial charge >= 0.3 is 0 Å². The third-order valence-corrected chi connectivity index (χ3v) is 5.55. The maximum Gasteiger partial charge on any atom is 0.234 e. The largest absolute Gasteiger partial charge is 0.392 e. The lowest BCUT2D eigenvalue weighted by atomic mass is 9.97. The van der Waals surface area contributed by atoms with Gasteiger partial charge in [-0.3, -0.25) is 4.79 Å². The highest BCUT2D eigenvalue weighted by Gasteiger charge is 2.30. The summed E-state index contributed by atoms with van der Waals surface area (Å²) in [5.74, 6) is -0.893. The van der Waals surface area contributed by atoms with Gasteiger partial charge in [-0.2, -0.15) is 0 Å². The van der Waals surface area contributed by atoms with E-state index >= 15 is 0 Å². The quantitative estimate of drug-likeness (QED) is 0.797. The molecular formula is C14H18N2O3S2. The van der Waals surface area contributed by atoms with Gasteiger partial charge in [0.05, 0.1) is 16.5 Å². The van der Waals surface area contributed by atoms with Gasteiger partial charge in [0.2, 0.25) is 5.91 Å². The van der Waals surface area contributed by atoms with E-state index in [4.69, 9.17) is 18.0 Å². The van der Waals surface area contributed by atoms with Gasteiger partial charge in [0.25, 0.3) is 0 Å². The third-order valence-electron chi connectivity index (χ3n) is 3.49. The van der Waals surface area contributed by atoms with Crippen LogP contribution in [0.5, 0.6) is 0 Å². The Hall–Kier alpha value is -1.47. The van der Waals surface area contributed by atoms with Crippen LogP contribution in [-0.4, -0.2) is 36.9 Å². The van der Waals surface area contributed by atoms with E-state index in [1.165, 1.54) is 0 Å². The van der Waals surface area contributed by atoms with Gasteiger partial charge in [-0.05, 0) is 18.4 Å². The number of carbonyl (C=O) groups is 1. The number of thiocarbonyl (C=S) groups is 1. The average molecular weight is 326 g/mol. The predicted molar refractivity (Wildman–Crippen MR) is 85.8 cm³/mol. The topological polar surface area (TPSA) is 89.3 Å². The molecule has 0 bridgehead atoms. The lowest BCUT2D eigenvalue weighted by molar-refractivity contribution is -0.121. The van der Waals surface area contributed by atoms with Gasteiger partial charge in [0.1, 0.15) is 5.92 Å². The minimum absolute atomic E-state index is 0.0163. The molecule has 2 atom stereocenters. The maximum atomic E-state index is 12.4. The number of hydrogen-bond donors (Lipinski definition) is 2. The molecule has 21 heavy (non-hydrogen) atoms. The number of rotatable bonds is 4. The number of sulfone groups is 1. The molecule has 7 heteroatoms. The fraction of sp³-hybridized carbons (Fsp3) is 0.429. The molecule has 2 rings (SSSR count). The zero-order valence-electron chi connectivity index (χ0n) is 11.5. The fourth-order valence-electron chi connectivity index (χ4n) is 2.51. The van der Waals surface area contributed by atoms with Crippen LogP contribution in [0, 0.1) is 0 Å². The smallest absolute Gasteiger partial charge is 0.234 e. The molecule has 2 unspecified atom stereocenters. The molecule has 114 valence electrons. The first-order valence-corrected chi connectivity index (χ1v) is 8.97. The van der Waals surface area contributed by atoms with Gasteiger partial charge in [0.15, 0.2) is 9.84 Å². The number of amides is 1. The summed E-state index contributed by atoms with van der Waals surface area (Å²) in [5, 5.41) is 2.77. The first-order chi connectivity index (χ1) is 9.89. The van der Waals surface area contributed by atoms with Crippen LogP contribution in [0.3, 0.4) is 0 Å². The van der Waals surface area contributed by atoms with Crippen molar-refractivity contribution in [3.63, 3.8) is 0 Å². The Balaban J connectivity index is 2.11. The summed E-state index contributed by atoms with van der Waals surface area (Å²) in [6.45, 7) is 0. The van der Waals surface area contributed by atoms with Crippen LogP contribution in [0.2, 0.25) is 0 Å². The van der Waals surface area contributed by atoms with Crippen molar-refractivity contribution in [1.82, 2.24) is 5.32 Å². The summed E-state index contributed by atoms with van der Waals surface area (Å²) < 4.78 is 23.2. The van der Waals surface area contributed by atoms with Crippen LogP contribution in [-0.2, 0) is 14.6 Å². The lowest BCUT2D eigenvalue weighted by Gasteiger charge is -2.25. The summed E-state index contributed by atoms with van der Waals surface area (Å²) in [5.41, 5.74) is 6.39. The highest BCUT2D eigenvalue weighted by Crippen LogP contribution is 2.18. The Labute approximate surface area is 129 Å². The fourth-order valence-corrected chi connectivity index (χ4v) is 4.39. The molecule has 0 spiro atoms. The monoisotopic (exact) mass is 326 g/mol. The Kier molecular flexibility index (Phi) is 4.95. The summed E-state index contributed by atoms with van der Waals surface area (Å²) >= 11 is 4.99. The summed E-state index contributed by atoms with van der Waals surface area (Å²) in [6, 6.07) is 8.64. The molecule has 0 radical (unpaired) electrons. The molecule has 3 N–H and O–H groups in total. The van der Waals surface area contributed by atoms with Gasteiger partial charge in [0, 0.05) is 6.04 Å². The third kappa shape index (κ3) is 4.25. The van der Waals surface area contributed by atoms with Gasteiger partial charge in [-0.25, -0.2) is 8.42 Å². The van der Waals surface area contributed by atoms with Crippen LogP contribution in [0.15, 0.2) is 30.3 Å². The second-order valence-corrected chi connectivity index (χ2v) is 7.91. The molecule has 1 saturated heterocycles. The van der Waals surface area contributed by atoms with Crippen molar-refractivity contribution in [1.29, 1.82) is 0 Å². The van der Waals surface area contributed by atoms with E-state index in [2.05, 4.69) is 5.32 Å². The van der Waals surface area contributed by atoms with Crippen molar-refractivity contribution in [3.8, 4) is 0 Å². The van der Waals surface area contributed by atoms with E-state index < -0.39 is 15.8 Å². The highest BCUT2D eigenvalue weighted by molar-refractivity contribution is 7.91.